The normalized spacial score (nSPS) is 22.9. The molecule has 6 nitrogen and oxygen atoms in total. The lowest BCUT2D eigenvalue weighted by Crippen LogP contribution is -2.38. The lowest BCUT2D eigenvalue weighted by molar-refractivity contribution is -0.129. The zero-order valence-corrected chi connectivity index (χ0v) is 11.5. The van der Waals surface area contributed by atoms with Gasteiger partial charge < -0.3 is 4.74 Å². The lowest BCUT2D eigenvalue weighted by atomic mass is 9.92. The van der Waals surface area contributed by atoms with Gasteiger partial charge in [-0.3, -0.25) is 14.5 Å². The van der Waals surface area contributed by atoms with Crippen LogP contribution in [0, 0.1) is 5.92 Å². The quantitative estimate of drug-likeness (QED) is 0.927. The van der Waals surface area contributed by atoms with Gasteiger partial charge in [-0.1, -0.05) is 13.0 Å². The van der Waals surface area contributed by atoms with Crippen molar-refractivity contribution in [2.45, 2.75) is 32.3 Å². The molecule has 20 heavy (non-hydrogen) atoms. The second-order valence-electron chi connectivity index (χ2n) is 5.01. The first-order valence-corrected chi connectivity index (χ1v) is 7.02. The monoisotopic (exact) mass is 274 g/mol. The van der Waals surface area contributed by atoms with Gasteiger partial charge >= 0.3 is 0 Å². The molecule has 0 aliphatic carbocycles. The molecule has 2 aromatic rings. The van der Waals surface area contributed by atoms with Gasteiger partial charge in [-0.2, -0.15) is 0 Å². The van der Waals surface area contributed by atoms with Crippen LogP contribution in [0.3, 0.4) is 0 Å². The summed E-state index contributed by atoms with van der Waals surface area (Å²) in [6, 6.07) is 5.61. The summed E-state index contributed by atoms with van der Waals surface area (Å²) in [5.74, 6) is 0.325. The van der Waals surface area contributed by atoms with Crippen molar-refractivity contribution >= 4 is 17.5 Å². The van der Waals surface area contributed by atoms with E-state index in [1.54, 1.807) is 4.40 Å². The SMILES string of the molecule is CCC1OCCCC1C(=O)Nc1nnc2ccccn12. The van der Waals surface area contributed by atoms with Crippen LogP contribution in [0.4, 0.5) is 5.95 Å². The third-order valence-corrected chi connectivity index (χ3v) is 3.73. The predicted octanol–water partition coefficient (Wildman–Crippen LogP) is 1.87. The number of rotatable bonds is 3. The summed E-state index contributed by atoms with van der Waals surface area (Å²) in [5.41, 5.74) is 0.717. The highest BCUT2D eigenvalue weighted by Gasteiger charge is 2.31. The molecule has 1 fully saturated rings. The van der Waals surface area contributed by atoms with Crippen LogP contribution in [0.1, 0.15) is 26.2 Å². The molecule has 2 unspecified atom stereocenters. The molecule has 0 bridgehead atoms. The summed E-state index contributed by atoms with van der Waals surface area (Å²) in [4.78, 5) is 12.4. The fourth-order valence-electron chi connectivity index (χ4n) is 2.67. The number of pyridine rings is 1. The number of hydrogen-bond acceptors (Lipinski definition) is 4. The van der Waals surface area contributed by atoms with E-state index >= 15 is 0 Å². The molecule has 3 heterocycles. The number of aromatic nitrogens is 3. The van der Waals surface area contributed by atoms with E-state index in [1.165, 1.54) is 0 Å². The highest BCUT2D eigenvalue weighted by atomic mass is 16.5. The van der Waals surface area contributed by atoms with Gasteiger partial charge in [0.25, 0.3) is 0 Å². The van der Waals surface area contributed by atoms with Crippen LogP contribution in [0.5, 0.6) is 0 Å². The van der Waals surface area contributed by atoms with Gasteiger partial charge in [0.1, 0.15) is 0 Å². The van der Waals surface area contributed by atoms with E-state index < -0.39 is 0 Å². The Balaban J connectivity index is 1.78. The number of ether oxygens (including phenoxy) is 1. The molecule has 0 aromatic carbocycles. The molecule has 1 saturated heterocycles. The van der Waals surface area contributed by atoms with E-state index in [0.29, 0.717) is 5.95 Å². The van der Waals surface area contributed by atoms with Gasteiger partial charge in [-0.05, 0) is 31.4 Å². The van der Waals surface area contributed by atoms with Crippen LogP contribution >= 0.6 is 0 Å². The Morgan fingerprint density at radius 3 is 3.25 bits per heavy atom. The predicted molar refractivity (Wildman–Crippen MR) is 74.4 cm³/mol. The highest BCUT2D eigenvalue weighted by Crippen LogP contribution is 2.24. The van der Waals surface area contributed by atoms with Gasteiger partial charge in [-0.25, -0.2) is 0 Å². The molecule has 0 saturated carbocycles. The van der Waals surface area contributed by atoms with Crippen molar-refractivity contribution in [3.05, 3.63) is 24.4 Å². The Bertz CT molecular complexity index is 610. The maximum Gasteiger partial charge on any atom is 0.235 e. The Morgan fingerprint density at radius 2 is 2.40 bits per heavy atom. The second kappa shape index (κ2) is 5.58. The van der Waals surface area contributed by atoms with Crippen molar-refractivity contribution in [3.8, 4) is 0 Å². The molecule has 0 spiro atoms. The number of nitrogens with zero attached hydrogens (tertiary/aromatic N) is 3. The van der Waals surface area contributed by atoms with Crippen LogP contribution in [-0.2, 0) is 9.53 Å². The van der Waals surface area contributed by atoms with Gasteiger partial charge in [0, 0.05) is 12.8 Å². The number of fused-ring (bicyclic) bond motifs is 1. The standard InChI is InChI=1S/C14H18N4O2/c1-2-11-10(6-5-9-20-11)13(19)15-14-17-16-12-7-3-4-8-18(12)14/h3-4,7-8,10-11H,2,5-6,9H2,1H3,(H,15,17,19). The smallest absolute Gasteiger partial charge is 0.235 e. The third-order valence-electron chi connectivity index (χ3n) is 3.73. The van der Waals surface area contributed by atoms with Crippen LogP contribution in [-0.4, -0.2) is 33.2 Å². The number of carbonyl (C=O) groups is 1. The van der Waals surface area contributed by atoms with Crippen molar-refractivity contribution in [2.24, 2.45) is 5.92 Å². The average molecular weight is 274 g/mol. The number of nitrogens with one attached hydrogen (secondary N) is 1. The first-order chi connectivity index (χ1) is 9.79. The van der Waals surface area contributed by atoms with Crippen LogP contribution in [0.2, 0.25) is 0 Å². The maximum absolute atomic E-state index is 12.4. The van der Waals surface area contributed by atoms with Crippen molar-refractivity contribution in [1.29, 1.82) is 0 Å². The average Bonchev–Trinajstić information content (AvgIpc) is 2.90. The number of hydrogen-bond donors (Lipinski definition) is 1. The molecule has 6 heteroatoms. The fourth-order valence-corrected chi connectivity index (χ4v) is 2.67. The van der Waals surface area contributed by atoms with Crippen molar-refractivity contribution < 1.29 is 9.53 Å². The fraction of sp³-hybridized carbons (Fsp3) is 0.500. The number of carbonyl (C=O) groups excluding carboxylic acids is 1. The Hall–Kier alpha value is -1.95. The minimum absolute atomic E-state index is 0.00272. The van der Waals surface area contributed by atoms with Crippen molar-refractivity contribution in [1.82, 2.24) is 14.6 Å². The molecule has 2 aromatic heterocycles. The van der Waals surface area contributed by atoms with Crippen LogP contribution in [0.25, 0.3) is 5.65 Å². The Morgan fingerprint density at radius 1 is 1.50 bits per heavy atom. The van der Waals surface area contributed by atoms with E-state index in [4.69, 9.17) is 4.74 Å². The zero-order valence-electron chi connectivity index (χ0n) is 11.5. The molecule has 1 N–H and O–H groups in total. The summed E-state index contributed by atoms with van der Waals surface area (Å²) < 4.78 is 7.43. The van der Waals surface area contributed by atoms with Gasteiger partial charge in [0.2, 0.25) is 11.9 Å². The number of anilines is 1. The van der Waals surface area contributed by atoms with Gasteiger partial charge in [-0.15, -0.1) is 10.2 Å². The van der Waals surface area contributed by atoms with Crippen molar-refractivity contribution in [3.63, 3.8) is 0 Å². The minimum atomic E-state index is -0.107. The van der Waals surface area contributed by atoms with E-state index in [2.05, 4.69) is 15.5 Å². The molecule has 1 aliphatic rings. The van der Waals surface area contributed by atoms with Crippen LogP contribution < -0.4 is 5.32 Å². The summed E-state index contributed by atoms with van der Waals surface area (Å²) >= 11 is 0. The number of amides is 1. The molecule has 1 amide bonds. The molecule has 2 atom stereocenters. The summed E-state index contributed by atoms with van der Waals surface area (Å²) in [6.07, 6.45) is 4.47. The highest BCUT2D eigenvalue weighted by molar-refractivity contribution is 5.91. The van der Waals surface area contributed by atoms with E-state index in [9.17, 15) is 4.79 Å². The zero-order chi connectivity index (χ0) is 13.9. The molecular weight excluding hydrogens is 256 g/mol. The van der Waals surface area contributed by atoms with E-state index in [0.717, 1.165) is 31.5 Å². The first kappa shape index (κ1) is 13.1. The molecular formula is C14H18N4O2. The largest absolute Gasteiger partial charge is 0.377 e. The Labute approximate surface area is 117 Å². The summed E-state index contributed by atoms with van der Waals surface area (Å²) in [7, 11) is 0. The van der Waals surface area contributed by atoms with Gasteiger partial charge in [0.05, 0.1) is 12.0 Å². The molecule has 106 valence electrons. The van der Waals surface area contributed by atoms with Gasteiger partial charge in [0.15, 0.2) is 5.65 Å². The third kappa shape index (κ3) is 2.38. The first-order valence-electron chi connectivity index (χ1n) is 7.02. The van der Waals surface area contributed by atoms with Crippen LogP contribution in [0.15, 0.2) is 24.4 Å². The summed E-state index contributed by atoms with van der Waals surface area (Å²) in [6.45, 7) is 2.79. The molecule has 3 rings (SSSR count). The van der Waals surface area contributed by atoms with E-state index in [-0.39, 0.29) is 17.9 Å². The maximum atomic E-state index is 12.4. The Kier molecular flexibility index (Phi) is 3.64. The summed E-state index contributed by atoms with van der Waals surface area (Å²) in [5, 5.41) is 10.9. The minimum Gasteiger partial charge on any atom is -0.377 e. The lowest BCUT2D eigenvalue weighted by Gasteiger charge is -2.29. The molecule has 0 radical (unpaired) electrons. The second-order valence-corrected chi connectivity index (χ2v) is 5.01. The topological polar surface area (TPSA) is 68.5 Å². The van der Waals surface area contributed by atoms with Crippen molar-refractivity contribution in [2.75, 3.05) is 11.9 Å². The molecule has 1 aliphatic heterocycles. The van der Waals surface area contributed by atoms with E-state index in [1.807, 2.05) is 31.3 Å².